The van der Waals surface area contributed by atoms with Crippen molar-refractivity contribution in [2.45, 2.75) is 33.7 Å². The molecule has 0 spiro atoms. The normalized spacial score (nSPS) is 11.3. The molecule has 0 unspecified atom stereocenters. The predicted octanol–water partition coefficient (Wildman–Crippen LogP) is 5.78. The van der Waals surface area contributed by atoms with Gasteiger partial charge in [-0.1, -0.05) is 30.7 Å². The van der Waals surface area contributed by atoms with Gasteiger partial charge in [0.2, 0.25) is 17.7 Å². The average molecular weight is 494 g/mol. The Morgan fingerprint density at radius 2 is 1.89 bits per heavy atom. The second kappa shape index (κ2) is 10.7. The van der Waals surface area contributed by atoms with Gasteiger partial charge in [0.25, 0.3) is 0 Å². The molecule has 0 aliphatic rings. The van der Waals surface area contributed by atoms with Gasteiger partial charge in [0.15, 0.2) is 0 Å². The lowest BCUT2D eigenvalue weighted by Gasteiger charge is -2.18. The van der Waals surface area contributed by atoms with Gasteiger partial charge in [0.05, 0.1) is 28.5 Å². The van der Waals surface area contributed by atoms with Crippen LogP contribution in [0.5, 0.6) is 0 Å². The maximum Gasteiger partial charge on any atom is 0.249 e. The number of carbonyl (C=O) groups is 1. The Bertz CT molecular complexity index is 1360. The lowest BCUT2D eigenvalue weighted by molar-refractivity contribution is -0.126. The second-order valence-electron chi connectivity index (χ2n) is 8.05. The maximum absolute atomic E-state index is 13.3. The number of rotatable bonds is 8. The number of aryl methyl sites for hydroxylation is 1. The van der Waals surface area contributed by atoms with Gasteiger partial charge in [-0.15, -0.1) is 10.2 Å². The van der Waals surface area contributed by atoms with E-state index in [1.165, 1.54) is 18.2 Å². The van der Waals surface area contributed by atoms with E-state index in [1.54, 1.807) is 39.9 Å². The summed E-state index contributed by atoms with van der Waals surface area (Å²) in [7, 11) is 0. The van der Waals surface area contributed by atoms with E-state index < -0.39 is 0 Å². The minimum Gasteiger partial charge on any atom is -0.419 e. The molecule has 2 aromatic carbocycles. The van der Waals surface area contributed by atoms with Crippen LogP contribution < -0.4 is 0 Å². The molecule has 0 saturated carbocycles. The van der Waals surface area contributed by atoms with E-state index in [9.17, 15) is 9.18 Å². The van der Waals surface area contributed by atoms with Crippen LogP contribution in [-0.4, -0.2) is 37.3 Å². The first kappa shape index (κ1) is 24.3. The Hall–Kier alpha value is -3.78. The Balaban J connectivity index is 1.51. The highest BCUT2D eigenvalue weighted by atomic mass is 35.5. The third kappa shape index (κ3) is 5.49. The first-order chi connectivity index (χ1) is 16.9. The smallest absolute Gasteiger partial charge is 0.249 e. The number of hydrogen-bond donors (Lipinski definition) is 0. The molecule has 0 bridgehead atoms. The molecule has 7 nitrogen and oxygen atoms in total. The molecule has 2 aromatic heterocycles. The van der Waals surface area contributed by atoms with Crippen LogP contribution in [0.1, 0.15) is 36.2 Å². The van der Waals surface area contributed by atoms with Crippen molar-refractivity contribution >= 4 is 23.6 Å². The number of halogens is 2. The number of benzene rings is 2. The topological polar surface area (TPSA) is 77.1 Å². The van der Waals surface area contributed by atoms with E-state index in [4.69, 9.17) is 16.0 Å². The Kier molecular flexibility index (Phi) is 7.41. The number of nitrogens with zero attached hydrogens (tertiary/aromatic N) is 5. The predicted molar refractivity (Wildman–Crippen MR) is 132 cm³/mol. The van der Waals surface area contributed by atoms with Crippen LogP contribution in [0, 0.1) is 19.7 Å². The monoisotopic (exact) mass is 493 g/mol. The van der Waals surface area contributed by atoms with Crippen molar-refractivity contribution in [1.29, 1.82) is 0 Å². The van der Waals surface area contributed by atoms with Crippen LogP contribution in [0.3, 0.4) is 0 Å². The quantitative estimate of drug-likeness (QED) is 0.291. The van der Waals surface area contributed by atoms with Crippen LogP contribution in [-0.2, 0) is 11.3 Å². The first-order valence-corrected chi connectivity index (χ1v) is 11.6. The van der Waals surface area contributed by atoms with Crippen LogP contribution >= 0.6 is 11.6 Å². The molecule has 0 radical (unpaired) electrons. The van der Waals surface area contributed by atoms with Gasteiger partial charge in [-0.25, -0.2) is 9.07 Å². The molecule has 180 valence electrons. The summed E-state index contributed by atoms with van der Waals surface area (Å²) in [5.74, 6) is 0.144. The molecule has 1 amide bonds. The van der Waals surface area contributed by atoms with Crippen LogP contribution in [0.4, 0.5) is 4.39 Å². The van der Waals surface area contributed by atoms with Crippen molar-refractivity contribution < 1.29 is 13.6 Å². The first-order valence-electron chi connectivity index (χ1n) is 11.2. The van der Waals surface area contributed by atoms with Gasteiger partial charge in [-0.05, 0) is 62.7 Å². The Labute approximate surface area is 207 Å². The maximum atomic E-state index is 13.3. The SMILES string of the molecule is CCCN(Cc1nnc(-c2ccccc2Cl)o1)C(=O)/C=C/c1c(C)nn(-c2ccc(F)cc2)c1C. The average Bonchev–Trinajstić information content (AvgIpc) is 3.42. The number of hydrogen-bond acceptors (Lipinski definition) is 5. The summed E-state index contributed by atoms with van der Waals surface area (Å²) >= 11 is 6.22. The van der Waals surface area contributed by atoms with Crippen molar-refractivity contribution in [2.75, 3.05) is 6.54 Å². The van der Waals surface area contributed by atoms with E-state index in [-0.39, 0.29) is 18.3 Å². The van der Waals surface area contributed by atoms with Crippen molar-refractivity contribution in [1.82, 2.24) is 24.9 Å². The van der Waals surface area contributed by atoms with Crippen LogP contribution in [0.2, 0.25) is 5.02 Å². The van der Waals surface area contributed by atoms with Gasteiger partial charge in [-0.3, -0.25) is 4.79 Å². The van der Waals surface area contributed by atoms with Gasteiger partial charge < -0.3 is 9.32 Å². The zero-order valence-corrected chi connectivity index (χ0v) is 20.5. The van der Waals surface area contributed by atoms with Crippen LogP contribution in [0.25, 0.3) is 23.2 Å². The molecule has 0 atom stereocenters. The lowest BCUT2D eigenvalue weighted by atomic mass is 10.1. The molecule has 0 aliphatic carbocycles. The van der Waals surface area contributed by atoms with Gasteiger partial charge >= 0.3 is 0 Å². The minimum atomic E-state index is -0.308. The standard InChI is InChI=1S/C26H25ClFN5O2/c1-4-15-32(16-24-29-30-26(35-24)22-7-5-6-8-23(22)27)25(34)14-13-21-17(2)31-33(18(21)3)20-11-9-19(28)10-12-20/h5-14H,4,15-16H2,1-3H3/b14-13+. The fraction of sp³-hybridized carbons (Fsp3) is 0.231. The van der Waals surface area contributed by atoms with E-state index >= 15 is 0 Å². The number of amides is 1. The van der Waals surface area contributed by atoms with Crippen molar-refractivity contribution in [3.05, 3.63) is 88.3 Å². The third-order valence-electron chi connectivity index (χ3n) is 5.51. The summed E-state index contributed by atoms with van der Waals surface area (Å²) in [6.45, 7) is 6.48. The Morgan fingerprint density at radius 3 is 2.60 bits per heavy atom. The summed E-state index contributed by atoms with van der Waals surface area (Å²) < 4.78 is 20.8. The zero-order valence-electron chi connectivity index (χ0n) is 19.7. The molecule has 0 saturated heterocycles. The minimum absolute atomic E-state index is 0.182. The summed E-state index contributed by atoms with van der Waals surface area (Å²) in [5, 5.41) is 13.2. The third-order valence-corrected chi connectivity index (χ3v) is 5.84. The van der Waals surface area contributed by atoms with Crippen molar-refractivity contribution in [3.63, 3.8) is 0 Å². The Morgan fingerprint density at radius 1 is 1.14 bits per heavy atom. The molecule has 0 fully saturated rings. The van der Waals surface area contributed by atoms with E-state index in [0.717, 1.165) is 29.1 Å². The highest BCUT2D eigenvalue weighted by Crippen LogP contribution is 2.26. The molecule has 9 heteroatoms. The van der Waals surface area contributed by atoms with Gasteiger partial charge in [-0.2, -0.15) is 5.10 Å². The molecular weight excluding hydrogens is 469 g/mol. The second-order valence-corrected chi connectivity index (χ2v) is 8.45. The summed E-state index contributed by atoms with van der Waals surface area (Å²) in [4.78, 5) is 14.7. The largest absolute Gasteiger partial charge is 0.419 e. The number of aromatic nitrogens is 4. The highest BCUT2D eigenvalue weighted by Gasteiger charge is 2.18. The van der Waals surface area contributed by atoms with Gasteiger partial charge in [0, 0.05) is 23.9 Å². The molecular formula is C26H25ClFN5O2. The summed E-state index contributed by atoms with van der Waals surface area (Å²) in [6, 6.07) is 13.3. The molecule has 35 heavy (non-hydrogen) atoms. The fourth-order valence-corrected chi connectivity index (χ4v) is 3.97. The van der Waals surface area contributed by atoms with E-state index in [1.807, 2.05) is 32.9 Å². The van der Waals surface area contributed by atoms with E-state index in [0.29, 0.717) is 28.9 Å². The summed E-state index contributed by atoms with van der Waals surface area (Å²) in [5.41, 5.74) is 3.83. The van der Waals surface area contributed by atoms with Crippen molar-refractivity contribution in [2.24, 2.45) is 0 Å². The lowest BCUT2D eigenvalue weighted by Crippen LogP contribution is -2.29. The molecule has 0 N–H and O–H groups in total. The van der Waals surface area contributed by atoms with Gasteiger partial charge in [0.1, 0.15) is 5.82 Å². The van der Waals surface area contributed by atoms with Crippen molar-refractivity contribution in [3.8, 4) is 17.1 Å². The van der Waals surface area contributed by atoms with Crippen LogP contribution in [0.15, 0.2) is 59.0 Å². The highest BCUT2D eigenvalue weighted by molar-refractivity contribution is 6.33. The molecule has 0 aliphatic heterocycles. The molecule has 4 aromatic rings. The zero-order chi connectivity index (χ0) is 24.9. The molecule has 4 rings (SSSR count). The summed E-state index contributed by atoms with van der Waals surface area (Å²) in [6.07, 6.45) is 4.05. The number of carbonyl (C=O) groups excluding carboxylic acids is 1. The fourth-order valence-electron chi connectivity index (χ4n) is 3.75. The molecule has 2 heterocycles. The van der Waals surface area contributed by atoms with E-state index in [2.05, 4.69) is 15.3 Å².